The molecule has 5 aromatic rings. The first-order valence-corrected chi connectivity index (χ1v) is 11.4. The van der Waals surface area contributed by atoms with Crippen LogP contribution in [0.25, 0.3) is 44.0 Å². The molecule has 0 radical (unpaired) electrons. The summed E-state index contributed by atoms with van der Waals surface area (Å²) in [5.74, 6) is 0. The lowest BCUT2D eigenvalue weighted by atomic mass is 9.88. The zero-order valence-electron chi connectivity index (χ0n) is 17.1. The highest BCUT2D eigenvalue weighted by atomic mass is 35.5. The van der Waals surface area contributed by atoms with Crippen LogP contribution < -0.4 is 4.57 Å². The van der Waals surface area contributed by atoms with E-state index in [1.807, 2.05) is 12.1 Å². The van der Waals surface area contributed by atoms with E-state index in [2.05, 4.69) is 108 Å². The van der Waals surface area contributed by atoms with Crippen molar-refractivity contribution in [2.24, 2.45) is 7.05 Å². The summed E-state index contributed by atoms with van der Waals surface area (Å²) in [6.45, 7) is 0. The number of hydrogen-bond acceptors (Lipinski definition) is 1. The van der Waals surface area contributed by atoms with Gasteiger partial charge in [0.25, 0.3) is 5.01 Å². The molecule has 0 unspecified atom stereocenters. The van der Waals surface area contributed by atoms with Gasteiger partial charge < -0.3 is 0 Å². The highest BCUT2D eigenvalue weighted by molar-refractivity contribution is 7.12. The molecule has 0 saturated heterocycles. The molecule has 3 heteroatoms. The number of hydrogen-bond donors (Lipinski definition) is 0. The average molecular weight is 439 g/mol. The van der Waals surface area contributed by atoms with Crippen molar-refractivity contribution in [1.82, 2.24) is 0 Å². The average Bonchev–Trinajstić information content (AvgIpc) is 3.25. The Morgan fingerprint density at radius 2 is 1.19 bits per heavy atom. The second kappa shape index (κ2) is 8.50. The zero-order chi connectivity index (χ0) is 21.2. The third kappa shape index (κ3) is 3.93. The Bertz CT molecular complexity index is 1260. The molecular formula is C28H21ClNS+. The van der Waals surface area contributed by atoms with Crippen molar-refractivity contribution in [2.45, 2.75) is 0 Å². The van der Waals surface area contributed by atoms with Gasteiger partial charge in [-0.05, 0) is 57.6 Å². The van der Waals surface area contributed by atoms with Gasteiger partial charge in [-0.1, -0.05) is 95.7 Å². The summed E-state index contributed by atoms with van der Waals surface area (Å²) in [7, 11) is 2.11. The number of rotatable bonds is 4. The van der Waals surface area contributed by atoms with E-state index in [-0.39, 0.29) is 0 Å². The molecule has 1 aromatic heterocycles. The van der Waals surface area contributed by atoms with Crippen molar-refractivity contribution >= 4 is 22.9 Å². The van der Waals surface area contributed by atoms with E-state index in [4.69, 9.17) is 11.6 Å². The first-order valence-electron chi connectivity index (χ1n) is 10.2. The van der Waals surface area contributed by atoms with E-state index >= 15 is 0 Å². The van der Waals surface area contributed by atoms with E-state index in [1.54, 1.807) is 11.3 Å². The van der Waals surface area contributed by atoms with Gasteiger partial charge in [0.1, 0.15) is 7.05 Å². The lowest BCUT2D eigenvalue weighted by Crippen LogP contribution is -2.27. The molecule has 0 bridgehead atoms. The topological polar surface area (TPSA) is 3.88 Å². The highest BCUT2D eigenvalue weighted by Crippen LogP contribution is 2.43. The van der Waals surface area contributed by atoms with Gasteiger partial charge in [0.05, 0.1) is 10.9 Å². The maximum atomic E-state index is 6.16. The zero-order valence-corrected chi connectivity index (χ0v) is 18.7. The van der Waals surface area contributed by atoms with Crippen LogP contribution >= 0.6 is 22.9 Å². The van der Waals surface area contributed by atoms with Crippen LogP contribution in [0.4, 0.5) is 0 Å². The van der Waals surface area contributed by atoms with Crippen LogP contribution in [0, 0.1) is 0 Å². The van der Waals surface area contributed by atoms with Gasteiger partial charge in [0.15, 0.2) is 6.20 Å². The van der Waals surface area contributed by atoms with E-state index in [1.165, 1.54) is 38.4 Å². The molecule has 0 N–H and O–H groups in total. The minimum Gasteiger partial charge on any atom is -0.191 e. The third-order valence-corrected chi connectivity index (χ3v) is 6.71. The molecule has 0 atom stereocenters. The van der Waals surface area contributed by atoms with Gasteiger partial charge in [-0.2, -0.15) is 4.57 Å². The van der Waals surface area contributed by atoms with Crippen LogP contribution in [-0.4, -0.2) is 0 Å². The summed E-state index contributed by atoms with van der Waals surface area (Å²) in [6, 6.07) is 34.0. The fourth-order valence-corrected chi connectivity index (χ4v) is 5.01. The van der Waals surface area contributed by atoms with Crippen LogP contribution in [0.15, 0.2) is 109 Å². The Morgan fingerprint density at radius 3 is 1.68 bits per heavy atom. The number of halogens is 1. The molecule has 4 aromatic carbocycles. The standard InChI is InChI=1S/C28H21ClNS/c1-30-16-17-31-28(30)27-25(21-8-4-2-5-9-21)18-23(20-12-14-24(29)15-13-20)19-26(27)22-10-6-3-7-11-22/h2-19H,1H3/q+1. The molecular weight excluding hydrogens is 418 g/mol. The fraction of sp³-hybridized carbons (Fsp3) is 0.0357. The molecule has 31 heavy (non-hydrogen) atoms. The Kier molecular flexibility index (Phi) is 5.42. The minimum absolute atomic E-state index is 0.748. The van der Waals surface area contributed by atoms with E-state index in [0.717, 1.165) is 10.6 Å². The summed E-state index contributed by atoms with van der Waals surface area (Å²) in [4.78, 5) is 0. The Morgan fingerprint density at radius 1 is 0.645 bits per heavy atom. The van der Waals surface area contributed by atoms with E-state index in [0.29, 0.717) is 0 Å². The predicted octanol–water partition coefficient (Wildman–Crippen LogP) is 7.89. The second-order valence-electron chi connectivity index (χ2n) is 7.50. The van der Waals surface area contributed by atoms with Crippen molar-refractivity contribution in [3.8, 4) is 44.0 Å². The van der Waals surface area contributed by atoms with Gasteiger partial charge in [-0.3, -0.25) is 0 Å². The lowest BCUT2D eigenvalue weighted by molar-refractivity contribution is -0.655. The molecule has 0 aliphatic heterocycles. The molecule has 0 fully saturated rings. The van der Waals surface area contributed by atoms with Gasteiger partial charge in [-0.25, -0.2) is 0 Å². The molecule has 5 rings (SSSR count). The van der Waals surface area contributed by atoms with Crippen LogP contribution in [0.5, 0.6) is 0 Å². The summed E-state index contributed by atoms with van der Waals surface area (Å²) >= 11 is 7.93. The van der Waals surface area contributed by atoms with Crippen molar-refractivity contribution in [3.05, 3.63) is 114 Å². The van der Waals surface area contributed by atoms with Crippen LogP contribution in [-0.2, 0) is 7.05 Å². The molecule has 1 heterocycles. The molecule has 0 spiro atoms. The Hall–Kier alpha value is -3.20. The van der Waals surface area contributed by atoms with Gasteiger partial charge in [0.2, 0.25) is 0 Å². The van der Waals surface area contributed by atoms with Crippen molar-refractivity contribution in [3.63, 3.8) is 0 Å². The SMILES string of the molecule is C[n+]1ccsc1-c1c(-c2ccccc2)cc(-c2ccc(Cl)cc2)cc1-c1ccccc1. The number of thiazole rings is 1. The summed E-state index contributed by atoms with van der Waals surface area (Å²) in [5, 5.41) is 4.13. The molecule has 1 nitrogen and oxygen atoms in total. The number of aromatic nitrogens is 1. The van der Waals surface area contributed by atoms with Crippen LogP contribution in [0.1, 0.15) is 0 Å². The summed E-state index contributed by atoms with van der Waals surface area (Å²) in [5.41, 5.74) is 8.46. The Labute approximate surface area is 191 Å². The number of benzene rings is 4. The summed E-state index contributed by atoms with van der Waals surface area (Å²) < 4.78 is 2.21. The van der Waals surface area contributed by atoms with Crippen molar-refractivity contribution in [2.75, 3.05) is 0 Å². The van der Waals surface area contributed by atoms with Crippen molar-refractivity contribution in [1.29, 1.82) is 0 Å². The first kappa shape index (κ1) is 19.7. The molecule has 0 aliphatic rings. The van der Waals surface area contributed by atoms with Crippen LogP contribution in [0.2, 0.25) is 5.02 Å². The molecule has 0 saturated carbocycles. The van der Waals surface area contributed by atoms with E-state index in [9.17, 15) is 0 Å². The van der Waals surface area contributed by atoms with Crippen LogP contribution in [0.3, 0.4) is 0 Å². The highest BCUT2D eigenvalue weighted by Gasteiger charge is 2.23. The minimum atomic E-state index is 0.748. The van der Waals surface area contributed by atoms with Gasteiger partial charge >= 0.3 is 0 Å². The third-order valence-electron chi connectivity index (χ3n) is 5.48. The number of aryl methyl sites for hydroxylation is 1. The smallest absolute Gasteiger partial charge is 0.191 e. The largest absolute Gasteiger partial charge is 0.270 e. The Balaban J connectivity index is 1.87. The maximum absolute atomic E-state index is 6.16. The second-order valence-corrected chi connectivity index (χ2v) is 8.84. The van der Waals surface area contributed by atoms with Gasteiger partial charge in [0, 0.05) is 5.02 Å². The predicted molar refractivity (Wildman–Crippen MR) is 132 cm³/mol. The first-order chi connectivity index (χ1) is 15.2. The van der Waals surface area contributed by atoms with Gasteiger partial charge in [-0.15, -0.1) is 0 Å². The van der Waals surface area contributed by atoms with Crippen molar-refractivity contribution < 1.29 is 4.57 Å². The number of nitrogens with zero attached hydrogens (tertiary/aromatic N) is 1. The molecule has 0 amide bonds. The molecule has 0 aliphatic carbocycles. The summed E-state index contributed by atoms with van der Waals surface area (Å²) in [6.07, 6.45) is 2.12. The quantitative estimate of drug-likeness (QED) is 0.251. The normalized spacial score (nSPS) is 10.9. The molecule has 150 valence electrons. The maximum Gasteiger partial charge on any atom is 0.270 e. The van der Waals surface area contributed by atoms with E-state index < -0.39 is 0 Å². The lowest BCUT2D eigenvalue weighted by Gasteiger charge is -2.16. The monoisotopic (exact) mass is 438 g/mol. The fourth-order valence-electron chi connectivity index (χ4n) is 3.94.